The molecule has 0 atom stereocenters. The molecule has 0 radical (unpaired) electrons. The number of amides is 2. The summed E-state index contributed by atoms with van der Waals surface area (Å²) in [5.41, 5.74) is 0.435. The number of aromatic nitrogens is 2. The average Bonchev–Trinajstić information content (AvgIpc) is 3.15. The third kappa shape index (κ3) is 3.85. The first-order valence-corrected chi connectivity index (χ1v) is 8.23. The summed E-state index contributed by atoms with van der Waals surface area (Å²) in [7, 11) is 1.57. The Balaban J connectivity index is 2.08. The molecule has 0 aromatic carbocycles. The normalized spacial score (nSPS) is 10.4. The molecular weight excluding hydrogens is 308 g/mol. The minimum absolute atomic E-state index is 0.104. The molecular formula is C13H16N4O2S2. The Bertz CT molecular complexity index is 622. The molecule has 0 bridgehead atoms. The fourth-order valence-electron chi connectivity index (χ4n) is 1.69. The van der Waals surface area contributed by atoms with Crippen molar-refractivity contribution < 1.29 is 9.59 Å². The van der Waals surface area contributed by atoms with Gasteiger partial charge in [-0.25, -0.2) is 9.97 Å². The summed E-state index contributed by atoms with van der Waals surface area (Å²) < 4.78 is 0. The summed E-state index contributed by atoms with van der Waals surface area (Å²) in [6.45, 7) is 2.28. The summed E-state index contributed by atoms with van der Waals surface area (Å²) in [4.78, 5) is 32.8. The van der Waals surface area contributed by atoms with Gasteiger partial charge >= 0.3 is 0 Å². The number of hydrogen-bond acceptors (Lipinski definition) is 6. The highest BCUT2D eigenvalue weighted by Gasteiger charge is 2.18. The summed E-state index contributed by atoms with van der Waals surface area (Å²) in [6.07, 6.45) is 2.71. The standard InChI is InChI=1S/C13H16N4O2S2/c1-3-8-10(11(19)15-5-4-9(18)14-2)17-13(21-8)12-16-6-7-20-12/h6-7H,3-5H2,1-2H3,(H,14,18)(H,15,19). The quantitative estimate of drug-likeness (QED) is 0.847. The summed E-state index contributed by atoms with van der Waals surface area (Å²) in [5.74, 6) is -0.345. The molecule has 0 aliphatic rings. The maximum absolute atomic E-state index is 12.2. The second-order valence-corrected chi connectivity index (χ2v) is 6.14. The van der Waals surface area contributed by atoms with Crippen molar-refractivity contribution in [1.82, 2.24) is 20.6 Å². The van der Waals surface area contributed by atoms with E-state index in [4.69, 9.17) is 0 Å². The Labute approximate surface area is 130 Å². The van der Waals surface area contributed by atoms with Gasteiger partial charge in [0.1, 0.15) is 5.69 Å². The fraction of sp³-hybridized carbons (Fsp3) is 0.385. The summed E-state index contributed by atoms with van der Waals surface area (Å²) in [6, 6.07) is 0. The molecule has 0 saturated carbocycles. The van der Waals surface area contributed by atoms with Crippen LogP contribution in [0.2, 0.25) is 0 Å². The van der Waals surface area contributed by atoms with E-state index in [0.717, 1.165) is 21.3 Å². The third-order valence-electron chi connectivity index (χ3n) is 2.77. The van der Waals surface area contributed by atoms with Crippen LogP contribution in [-0.2, 0) is 11.2 Å². The zero-order valence-corrected chi connectivity index (χ0v) is 13.4. The molecule has 2 rings (SSSR count). The highest BCUT2D eigenvalue weighted by Crippen LogP contribution is 2.29. The molecule has 2 aromatic heterocycles. The van der Waals surface area contributed by atoms with Crippen LogP contribution in [-0.4, -0.2) is 35.4 Å². The van der Waals surface area contributed by atoms with E-state index in [1.54, 1.807) is 13.2 Å². The maximum Gasteiger partial charge on any atom is 0.271 e. The van der Waals surface area contributed by atoms with Crippen molar-refractivity contribution in [3.05, 3.63) is 22.1 Å². The van der Waals surface area contributed by atoms with Crippen LogP contribution in [0.5, 0.6) is 0 Å². The van der Waals surface area contributed by atoms with Gasteiger partial charge in [0.15, 0.2) is 10.0 Å². The second kappa shape index (κ2) is 7.28. The van der Waals surface area contributed by atoms with Crippen molar-refractivity contribution in [3.8, 4) is 10.0 Å². The van der Waals surface area contributed by atoms with E-state index in [1.165, 1.54) is 22.7 Å². The van der Waals surface area contributed by atoms with E-state index in [-0.39, 0.29) is 18.2 Å². The summed E-state index contributed by atoms with van der Waals surface area (Å²) in [5, 5.41) is 8.70. The van der Waals surface area contributed by atoms with Crippen LogP contribution in [0.1, 0.15) is 28.7 Å². The van der Waals surface area contributed by atoms with E-state index in [9.17, 15) is 9.59 Å². The van der Waals surface area contributed by atoms with Crippen LogP contribution in [0.15, 0.2) is 11.6 Å². The molecule has 21 heavy (non-hydrogen) atoms. The van der Waals surface area contributed by atoms with Crippen LogP contribution in [0.4, 0.5) is 0 Å². The lowest BCUT2D eigenvalue weighted by molar-refractivity contribution is -0.120. The lowest BCUT2D eigenvalue weighted by atomic mass is 10.3. The molecule has 6 nitrogen and oxygen atoms in total. The van der Waals surface area contributed by atoms with Gasteiger partial charge in [-0.3, -0.25) is 9.59 Å². The SMILES string of the molecule is CCc1sc(-c2nccs2)nc1C(=O)NCCC(=O)NC. The van der Waals surface area contributed by atoms with Gasteiger partial charge in [0.25, 0.3) is 5.91 Å². The zero-order chi connectivity index (χ0) is 15.2. The van der Waals surface area contributed by atoms with Gasteiger partial charge in [0.05, 0.1) is 0 Å². The predicted molar refractivity (Wildman–Crippen MR) is 83.6 cm³/mol. The van der Waals surface area contributed by atoms with E-state index in [1.807, 2.05) is 12.3 Å². The first-order valence-electron chi connectivity index (χ1n) is 6.54. The fourth-order valence-corrected chi connectivity index (χ4v) is 3.37. The number of aryl methyl sites for hydroxylation is 1. The highest BCUT2D eigenvalue weighted by molar-refractivity contribution is 7.20. The predicted octanol–water partition coefficient (Wildman–Crippen LogP) is 1.69. The van der Waals surface area contributed by atoms with Crippen LogP contribution < -0.4 is 10.6 Å². The first kappa shape index (κ1) is 15.6. The maximum atomic E-state index is 12.2. The molecule has 8 heteroatoms. The van der Waals surface area contributed by atoms with E-state index >= 15 is 0 Å². The number of hydrogen-bond donors (Lipinski definition) is 2. The smallest absolute Gasteiger partial charge is 0.271 e. The molecule has 0 aliphatic heterocycles. The lowest BCUT2D eigenvalue weighted by Crippen LogP contribution is -2.29. The van der Waals surface area contributed by atoms with E-state index in [2.05, 4.69) is 20.6 Å². The van der Waals surface area contributed by atoms with Gasteiger partial charge in [-0.15, -0.1) is 22.7 Å². The molecule has 2 N–H and O–H groups in total. The van der Waals surface area contributed by atoms with E-state index < -0.39 is 0 Å². The molecule has 0 fully saturated rings. The number of nitrogens with zero attached hydrogens (tertiary/aromatic N) is 2. The summed E-state index contributed by atoms with van der Waals surface area (Å²) >= 11 is 2.98. The third-order valence-corrected chi connectivity index (χ3v) is 4.88. The van der Waals surface area contributed by atoms with Gasteiger partial charge in [0.2, 0.25) is 5.91 Å². The van der Waals surface area contributed by atoms with Crippen molar-refractivity contribution >= 4 is 34.5 Å². The second-order valence-electron chi connectivity index (χ2n) is 4.16. The number of rotatable bonds is 6. The monoisotopic (exact) mass is 324 g/mol. The van der Waals surface area contributed by atoms with Gasteiger partial charge in [-0.1, -0.05) is 6.92 Å². The Hall–Kier alpha value is -1.80. The molecule has 0 spiro atoms. The van der Waals surface area contributed by atoms with Crippen molar-refractivity contribution in [2.24, 2.45) is 0 Å². The minimum Gasteiger partial charge on any atom is -0.359 e. The Morgan fingerprint density at radius 2 is 2.14 bits per heavy atom. The Morgan fingerprint density at radius 3 is 2.76 bits per heavy atom. The van der Waals surface area contributed by atoms with Crippen LogP contribution in [0.3, 0.4) is 0 Å². The minimum atomic E-state index is -0.241. The van der Waals surface area contributed by atoms with Crippen molar-refractivity contribution in [2.45, 2.75) is 19.8 Å². The molecule has 0 saturated heterocycles. The van der Waals surface area contributed by atoms with Crippen LogP contribution >= 0.6 is 22.7 Å². The Kier molecular flexibility index (Phi) is 5.40. The van der Waals surface area contributed by atoms with Gasteiger partial charge in [-0.2, -0.15) is 0 Å². The van der Waals surface area contributed by atoms with E-state index in [0.29, 0.717) is 12.2 Å². The van der Waals surface area contributed by atoms with Crippen molar-refractivity contribution in [1.29, 1.82) is 0 Å². The zero-order valence-electron chi connectivity index (χ0n) is 11.8. The average molecular weight is 324 g/mol. The Morgan fingerprint density at radius 1 is 1.33 bits per heavy atom. The molecule has 112 valence electrons. The van der Waals surface area contributed by atoms with Crippen molar-refractivity contribution in [2.75, 3.05) is 13.6 Å². The first-order chi connectivity index (χ1) is 10.2. The molecule has 2 aromatic rings. The lowest BCUT2D eigenvalue weighted by Gasteiger charge is -2.03. The van der Waals surface area contributed by atoms with Gasteiger partial charge in [0, 0.05) is 36.5 Å². The highest BCUT2D eigenvalue weighted by atomic mass is 32.1. The van der Waals surface area contributed by atoms with Crippen molar-refractivity contribution in [3.63, 3.8) is 0 Å². The molecule has 0 aliphatic carbocycles. The number of carbonyl (C=O) groups excluding carboxylic acids is 2. The van der Waals surface area contributed by atoms with Gasteiger partial charge in [-0.05, 0) is 6.42 Å². The topological polar surface area (TPSA) is 84.0 Å². The molecule has 2 heterocycles. The molecule has 2 amide bonds. The number of carbonyl (C=O) groups is 2. The number of thiazole rings is 2. The molecule has 0 unspecified atom stereocenters. The van der Waals surface area contributed by atoms with Gasteiger partial charge < -0.3 is 10.6 Å². The van der Waals surface area contributed by atoms with Crippen LogP contribution in [0.25, 0.3) is 10.0 Å². The van der Waals surface area contributed by atoms with Crippen LogP contribution in [0, 0.1) is 0 Å². The largest absolute Gasteiger partial charge is 0.359 e. The number of nitrogens with one attached hydrogen (secondary N) is 2.